The Morgan fingerprint density at radius 1 is 1.56 bits per heavy atom. The minimum Gasteiger partial charge on any atom is -0.298 e. The average molecular weight is 122 g/mol. The molecule has 1 aromatic carbocycles. The van der Waals surface area contributed by atoms with Crippen LogP contribution in [0.15, 0.2) is 24.2 Å². The molecule has 0 N–H and O–H groups in total. The first-order valence-electron chi connectivity index (χ1n) is 3.69. The molecule has 0 saturated heterocycles. The molecule has 0 heterocycles. The maximum absolute atomic E-state index is 10.3. The van der Waals surface area contributed by atoms with E-state index in [0.29, 0.717) is 6.29 Å². The quantitative estimate of drug-likeness (QED) is 0.519. The molecule has 9 heavy (non-hydrogen) atoms. The highest BCUT2D eigenvalue weighted by molar-refractivity contribution is 5.74. The van der Waals surface area contributed by atoms with Gasteiger partial charge >= 0.3 is 0 Å². The minimum atomic E-state index is 0.0139. The number of hydrogen-bond acceptors (Lipinski definition) is 1. The van der Waals surface area contributed by atoms with Crippen LogP contribution < -0.4 is 0 Å². The normalized spacial score (nSPS) is 12.1. The summed E-state index contributed by atoms with van der Waals surface area (Å²) in [5.41, 5.74) is 1.00. The van der Waals surface area contributed by atoms with Crippen molar-refractivity contribution in [3.05, 3.63) is 35.3 Å². The van der Waals surface area contributed by atoms with Gasteiger partial charge in [-0.25, -0.2) is 0 Å². The van der Waals surface area contributed by atoms with E-state index in [-0.39, 0.29) is 17.6 Å². The highest BCUT2D eigenvalue weighted by Crippen LogP contribution is 1.98. The van der Waals surface area contributed by atoms with Gasteiger partial charge in [0.05, 0.1) is 2.74 Å². The second-order valence-electron chi connectivity index (χ2n) is 1.84. The smallest absolute Gasteiger partial charge is 0.150 e. The van der Waals surface area contributed by atoms with Crippen LogP contribution in [0.2, 0.25) is 0 Å². The molecule has 46 valence electrons. The summed E-state index contributed by atoms with van der Waals surface area (Å²) in [6.07, 6.45) is 0.597. The van der Waals surface area contributed by atoms with Crippen molar-refractivity contribution in [2.45, 2.75) is 6.92 Å². The van der Waals surface area contributed by atoms with Gasteiger partial charge in [0.25, 0.3) is 0 Å². The molecule has 0 unspecified atom stereocenters. The van der Waals surface area contributed by atoms with Crippen LogP contribution in [0.4, 0.5) is 0 Å². The number of benzene rings is 1. The lowest BCUT2D eigenvalue weighted by atomic mass is 10.2. The van der Waals surface area contributed by atoms with Crippen LogP contribution >= 0.6 is 0 Å². The van der Waals surface area contributed by atoms with Crippen LogP contribution in [-0.4, -0.2) is 6.29 Å². The number of aryl methyl sites for hydroxylation is 1. The fourth-order valence-corrected chi connectivity index (χ4v) is 0.538. The fraction of sp³-hybridized carbons (Fsp3) is 0.125. The van der Waals surface area contributed by atoms with Gasteiger partial charge in [-0.05, 0) is 6.92 Å². The van der Waals surface area contributed by atoms with Gasteiger partial charge in [-0.3, -0.25) is 4.79 Å². The summed E-state index contributed by atoms with van der Waals surface area (Å²) in [5.74, 6) is 0. The third-order valence-electron chi connectivity index (χ3n) is 1.04. The fourth-order valence-electron chi connectivity index (χ4n) is 0.538. The first kappa shape index (κ1) is 3.83. The van der Waals surface area contributed by atoms with E-state index < -0.39 is 0 Å². The van der Waals surface area contributed by atoms with Gasteiger partial charge in [-0.1, -0.05) is 29.8 Å². The predicted molar refractivity (Wildman–Crippen MR) is 36.6 cm³/mol. The molecule has 0 saturated carbocycles. The summed E-state index contributed by atoms with van der Waals surface area (Å²) < 4.78 is 14.7. The lowest BCUT2D eigenvalue weighted by Crippen LogP contribution is -1.77. The molecule has 0 aliphatic rings. The molecule has 0 bridgehead atoms. The van der Waals surface area contributed by atoms with Crippen molar-refractivity contribution in [1.29, 1.82) is 0 Å². The molecule has 0 fully saturated rings. The van der Waals surface area contributed by atoms with Gasteiger partial charge in [0, 0.05) is 5.56 Å². The van der Waals surface area contributed by atoms with E-state index in [0.717, 1.165) is 5.56 Å². The van der Waals surface area contributed by atoms with Gasteiger partial charge in [0.15, 0.2) is 0 Å². The molecular weight excluding hydrogens is 112 g/mol. The average Bonchev–Trinajstić information content (AvgIpc) is 2.01. The van der Waals surface area contributed by atoms with Crippen LogP contribution in [0.3, 0.4) is 0 Å². The standard InChI is InChI=1S/C8H8O/c1-7-2-4-8(6-9)5-3-7/h2-6H,1H3/i2D,4D. The Bertz CT molecular complexity index is 294. The van der Waals surface area contributed by atoms with Crippen molar-refractivity contribution in [3.8, 4) is 0 Å². The van der Waals surface area contributed by atoms with E-state index in [2.05, 4.69) is 0 Å². The van der Waals surface area contributed by atoms with Crippen molar-refractivity contribution in [3.63, 3.8) is 0 Å². The van der Waals surface area contributed by atoms with E-state index in [4.69, 9.17) is 2.74 Å². The molecule has 1 nitrogen and oxygen atoms in total. The van der Waals surface area contributed by atoms with Gasteiger partial charge < -0.3 is 0 Å². The van der Waals surface area contributed by atoms with E-state index in [1.165, 1.54) is 0 Å². The summed E-state index contributed by atoms with van der Waals surface area (Å²) >= 11 is 0. The van der Waals surface area contributed by atoms with Gasteiger partial charge in [0.1, 0.15) is 6.29 Å². The first-order valence-corrected chi connectivity index (χ1v) is 2.69. The molecule has 0 spiro atoms. The largest absolute Gasteiger partial charge is 0.298 e. The predicted octanol–water partition coefficient (Wildman–Crippen LogP) is 1.81. The van der Waals surface area contributed by atoms with Gasteiger partial charge in [-0.2, -0.15) is 0 Å². The topological polar surface area (TPSA) is 17.1 Å². The maximum Gasteiger partial charge on any atom is 0.150 e. The number of aldehydes is 1. The maximum atomic E-state index is 10.3. The zero-order chi connectivity index (χ0) is 8.43. The van der Waals surface area contributed by atoms with E-state index in [1.807, 2.05) is 0 Å². The summed E-state index contributed by atoms with van der Waals surface area (Å²) in [6.45, 7) is 1.74. The lowest BCUT2D eigenvalue weighted by Gasteiger charge is -1.89. The monoisotopic (exact) mass is 122 g/mol. The summed E-state index contributed by atoms with van der Waals surface area (Å²) in [6, 6.07) is 3.38. The van der Waals surface area contributed by atoms with Gasteiger partial charge in [-0.15, -0.1) is 0 Å². The highest BCUT2D eigenvalue weighted by Gasteiger charge is 1.85. The second-order valence-corrected chi connectivity index (χ2v) is 1.84. The minimum absolute atomic E-state index is 0.0139. The summed E-state index contributed by atoms with van der Waals surface area (Å²) in [7, 11) is 0. The zero-order valence-corrected chi connectivity index (χ0v) is 5.14. The van der Waals surface area contributed by atoms with Crippen LogP contribution in [0, 0.1) is 6.92 Å². The molecule has 0 aliphatic heterocycles. The third kappa shape index (κ3) is 1.39. The van der Waals surface area contributed by atoms with Crippen LogP contribution in [0.1, 0.15) is 18.7 Å². The van der Waals surface area contributed by atoms with E-state index in [1.54, 1.807) is 19.1 Å². The number of hydrogen-bond donors (Lipinski definition) is 0. The number of rotatable bonds is 1. The Hall–Kier alpha value is -1.11. The van der Waals surface area contributed by atoms with Crippen molar-refractivity contribution in [2.75, 3.05) is 0 Å². The molecule has 1 heteroatoms. The summed E-state index contributed by atoms with van der Waals surface area (Å²) in [4.78, 5) is 10.3. The number of carbonyl (C=O) groups is 1. The second kappa shape index (κ2) is 2.44. The lowest BCUT2D eigenvalue weighted by molar-refractivity contribution is 0.112. The Morgan fingerprint density at radius 2 is 2.33 bits per heavy atom. The SMILES string of the molecule is [2H]c1c(C)ccc(C=O)c1[2H]. The molecule has 0 aromatic heterocycles. The van der Waals surface area contributed by atoms with Crippen LogP contribution in [0.5, 0.6) is 0 Å². The Kier molecular flexibility index (Phi) is 1.04. The highest BCUT2D eigenvalue weighted by atomic mass is 16.1. The molecule has 0 radical (unpaired) electrons. The number of carbonyl (C=O) groups excluding carboxylic acids is 1. The zero-order valence-electron chi connectivity index (χ0n) is 7.14. The summed E-state index contributed by atoms with van der Waals surface area (Å²) in [5, 5.41) is 0. The Morgan fingerprint density at radius 3 is 3.00 bits per heavy atom. The molecular formula is C8H8O. The Balaban J connectivity index is 3.36. The molecule has 1 rings (SSSR count). The van der Waals surface area contributed by atoms with Crippen molar-refractivity contribution in [2.24, 2.45) is 0 Å². The van der Waals surface area contributed by atoms with Crippen LogP contribution in [-0.2, 0) is 0 Å². The molecule has 0 amide bonds. The third-order valence-corrected chi connectivity index (χ3v) is 1.04. The molecule has 1 aromatic rings. The van der Waals surface area contributed by atoms with E-state index >= 15 is 0 Å². The first-order chi connectivity index (χ1) is 5.16. The van der Waals surface area contributed by atoms with Gasteiger partial charge in [0.2, 0.25) is 0 Å². The molecule has 0 atom stereocenters. The van der Waals surface area contributed by atoms with Crippen molar-refractivity contribution in [1.82, 2.24) is 0 Å². The van der Waals surface area contributed by atoms with Crippen molar-refractivity contribution >= 4 is 6.29 Å². The van der Waals surface area contributed by atoms with Crippen molar-refractivity contribution < 1.29 is 7.54 Å². The Labute approximate surface area is 57.1 Å². The van der Waals surface area contributed by atoms with E-state index in [9.17, 15) is 4.79 Å². The molecule has 0 aliphatic carbocycles. The van der Waals surface area contributed by atoms with Crippen LogP contribution in [0.25, 0.3) is 0 Å².